The van der Waals surface area contributed by atoms with E-state index in [9.17, 15) is 4.39 Å². The van der Waals surface area contributed by atoms with E-state index in [2.05, 4.69) is 5.16 Å². The molecule has 102 valence electrons. The van der Waals surface area contributed by atoms with Crippen LogP contribution in [-0.4, -0.2) is 5.16 Å². The molecule has 0 aliphatic rings. The van der Waals surface area contributed by atoms with Crippen LogP contribution in [0.2, 0.25) is 5.02 Å². The third kappa shape index (κ3) is 1.99. The van der Waals surface area contributed by atoms with Crippen LogP contribution in [0.25, 0.3) is 21.7 Å². The van der Waals surface area contributed by atoms with Gasteiger partial charge in [0.2, 0.25) is 5.88 Å². The molecule has 2 N–H and O–H groups in total. The topological polar surface area (TPSA) is 52.0 Å². The van der Waals surface area contributed by atoms with E-state index in [0.717, 1.165) is 10.4 Å². The highest BCUT2D eigenvalue weighted by molar-refractivity contribution is 7.14. The van der Waals surface area contributed by atoms with Crippen molar-refractivity contribution in [1.29, 1.82) is 0 Å². The van der Waals surface area contributed by atoms with Gasteiger partial charge in [-0.15, -0.1) is 11.3 Å². The smallest absolute Gasteiger partial charge is 0.230 e. The quantitative estimate of drug-likeness (QED) is 0.743. The number of nitrogen functional groups attached to an aromatic ring is 1. The largest absolute Gasteiger partial charge is 0.367 e. The molecular formula is C14H10ClFN2OS. The van der Waals surface area contributed by atoms with Gasteiger partial charge in [-0.3, -0.25) is 0 Å². The summed E-state index contributed by atoms with van der Waals surface area (Å²) in [4.78, 5) is 0.725. The van der Waals surface area contributed by atoms with Crippen molar-refractivity contribution in [2.45, 2.75) is 6.92 Å². The molecule has 3 aromatic rings. The fourth-order valence-electron chi connectivity index (χ4n) is 1.97. The molecule has 0 spiro atoms. The first-order valence-corrected chi connectivity index (χ1v) is 7.09. The lowest BCUT2D eigenvalue weighted by Gasteiger charge is -2.03. The van der Waals surface area contributed by atoms with E-state index in [1.165, 1.54) is 17.4 Å². The number of thiophene rings is 1. The van der Waals surface area contributed by atoms with Crippen molar-refractivity contribution in [2.24, 2.45) is 0 Å². The lowest BCUT2D eigenvalue weighted by molar-refractivity contribution is 0.439. The standard InChI is InChI=1S/C14H10ClFN2OS/c1-7-6-20-13(11(7)15)12-10(14(17)19-18-12)8-4-2-3-5-9(8)16/h2-6H,17H2,1H3. The number of anilines is 1. The van der Waals surface area contributed by atoms with Crippen molar-refractivity contribution in [1.82, 2.24) is 5.16 Å². The first kappa shape index (κ1) is 13.1. The Balaban J connectivity index is 2.26. The van der Waals surface area contributed by atoms with Gasteiger partial charge in [0.05, 0.1) is 15.5 Å². The van der Waals surface area contributed by atoms with Crippen molar-refractivity contribution < 1.29 is 8.91 Å². The normalized spacial score (nSPS) is 10.9. The molecule has 0 aliphatic carbocycles. The summed E-state index contributed by atoms with van der Waals surface area (Å²) < 4.78 is 19.0. The Morgan fingerprint density at radius 3 is 2.75 bits per heavy atom. The number of hydrogen-bond acceptors (Lipinski definition) is 4. The SMILES string of the molecule is Cc1csc(-c2noc(N)c2-c2ccccc2F)c1Cl. The molecule has 3 rings (SSSR count). The summed E-state index contributed by atoms with van der Waals surface area (Å²) >= 11 is 7.67. The molecule has 3 nitrogen and oxygen atoms in total. The van der Waals surface area contributed by atoms with Crippen molar-refractivity contribution in [3.05, 3.63) is 46.0 Å². The summed E-state index contributed by atoms with van der Waals surface area (Å²) in [6, 6.07) is 6.35. The Bertz CT molecular complexity index is 781. The molecule has 2 aromatic heterocycles. The van der Waals surface area contributed by atoms with E-state index < -0.39 is 0 Å². The molecule has 0 saturated carbocycles. The third-order valence-electron chi connectivity index (χ3n) is 2.98. The Labute approximate surface area is 123 Å². The summed E-state index contributed by atoms with van der Waals surface area (Å²) in [5.41, 5.74) is 8.00. The number of benzene rings is 1. The van der Waals surface area contributed by atoms with Gasteiger partial charge in [0.1, 0.15) is 11.5 Å². The maximum absolute atomic E-state index is 14.0. The number of aryl methyl sites for hydroxylation is 1. The van der Waals surface area contributed by atoms with E-state index in [4.69, 9.17) is 21.9 Å². The van der Waals surface area contributed by atoms with Crippen LogP contribution in [0.4, 0.5) is 10.3 Å². The van der Waals surface area contributed by atoms with Gasteiger partial charge in [-0.05, 0) is 23.9 Å². The molecule has 20 heavy (non-hydrogen) atoms. The molecule has 0 bridgehead atoms. The number of nitrogens with zero attached hydrogens (tertiary/aromatic N) is 1. The van der Waals surface area contributed by atoms with Gasteiger partial charge in [-0.2, -0.15) is 0 Å². The molecular weight excluding hydrogens is 299 g/mol. The predicted molar refractivity (Wildman–Crippen MR) is 79.4 cm³/mol. The van der Waals surface area contributed by atoms with E-state index in [1.807, 2.05) is 12.3 Å². The predicted octanol–water partition coefficient (Wildman–Crippen LogP) is 4.75. The van der Waals surface area contributed by atoms with Crippen molar-refractivity contribution in [3.8, 4) is 21.7 Å². The number of nitrogens with two attached hydrogens (primary N) is 1. The first-order chi connectivity index (χ1) is 9.59. The first-order valence-electron chi connectivity index (χ1n) is 5.83. The minimum Gasteiger partial charge on any atom is -0.367 e. The third-order valence-corrected chi connectivity index (χ3v) is 4.68. The minimum absolute atomic E-state index is 0.0761. The van der Waals surface area contributed by atoms with E-state index in [1.54, 1.807) is 18.2 Å². The zero-order valence-corrected chi connectivity index (χ0v) is 12.1. The molecule has 1 aromatic carbocycles. The monoisotopic (exact) mass is 308 g/mol. The van der Waals surface area contributed by atoms with Crippen molar-refractivity contribution >= 4 is 28.8 Å². The molecule has 0 fully saturated rings. The second kappa shape index (κ2) is 4.92. The van der Waals surface area contributed by atoms with Crippen LogP contribution in [0.15, 0.2) is 34.2 Å². The molecule has 0 saturated heterocycles. The van der Waals surface area contributed by atoms with E-state index >= 15 is 0 Å². The Hall–Kier alpha value is -1.85. The maximum Gasteiger partial charge on any atom is 0.230 e. The lowest BCUT2D eigenvalue weighted by atomic mass is 10.0. The van der Waals surface area contributed by atoms with Gasteiger partial charge in [-0.1, -0.05) is 35.0 Å². The summed E-state index contributed by atoms with van der Waals surface area (Å²) in [5, 5.41) is 6.43. The molecule has 6 heteroatoms. The van der Waals surface area contributed by atoms with Gasteiger partial charge in [-0.25, -0.2) is 4.39 Å². The second-order valence-corrected chi connectivity index (χ2v) is 5.57. The van der Waals surface area contributed by atoms with Gasteiger partial charge in [0.25, 0.3) is 0 Å². The zero-order valence-electron chi connectivity index (χ0n) is 10.5. The second-order valence-electron chi connectivity index (χ2n) is 4.31. The van der Waals surface area contributed by atoms with Crippen LogP contribution < -0.4 is 5.73 Å². The summed E-state index contributed by atoms with van der Waals surface area (Å²) in [5.74, 6) is -0.305. The highest BCUT2D eigenvalue weighted by atomic mass is 35.5. The summed E-state index contributed by atoms with van der Waals surface area (Å²) in [6.45, 7) is 1.90. The average molecular weight is 309 g/mol. The fourth-order valence-corrected chi connectivity index (χ4v) is 3.24. The average Bonchev–Trinajstić information content (AvgIpc) is 2.95. The Morgan fingerprint density at radius 1 is 1.35 bits per heavy atom. The van der Waals surface area contributed by atoms with Crippen LogP contribution in [-0.2, 0) is 0 Å². The van der Waals surface area contributed by atoms with Crippen LogP contribution in [0.1, 0.15) is 5.56 Å². The molecule has 0 aliphatic heterocycles. The van der Waals surface area contributed by atoms with Crippen LogP contribution in [0, 0.1) is 12.7 Å². The molecule has 2 heterocycles. The summed E-state index contributed by atoms with van der Waals surface area (Å²) in [6.07, 6.45) is 0. The van der Waals surface area contributed by atoms with Gasteiger partial charge in [0, 0.05) is 5.56 Å². The molecule has 0 radical (unpaired) electrons. The van der Waals surface area contributed by atoms with Crippen LogP contribution in [0.5, 0.6) is 0 Å². The zero-order chi connectivity index (χ0) is 14.3. The lowest BCUT2D eigenvalue weighted by Crippen LogP contribution is -1.90. The highest BCUT2D eigenvalue weighted by Gasteiger charge is 2.23. The van der Waals surface area contributed by atoms with Gasteiger partial charge >= 0.3 is 0 Å². The number of hydrogen-bond donors (Lipinski definition) is 1. The maximum atomic E-state index is 14.0. The van der Waals surface area contributed by atoms with Crippen molar-refractivity contribution in [3.63, 3.8) is 0 Å². The van der Waals surface area contributed by atoms with Crippen molar-refractivity contribution in [2.75, 3.05) is 5.73 Å². The van der Waals surface area contributed by atoms with E-state index in [-0.39, 0.29) is 11.7 Å². The number of aromatic nitrogens is 1. The minimum atomic E-state index is -0.381. The number of halogens is 2. The highest BCUT2D eigenvalue weighted by Crippen LogP contribution is 2.43. The van der Waals surface area contributed by atoms with Gasteiger partial charge in [0.15, 0.2) is 0 Å². The van der Waals surface area contributed by atoms with Crippen LogP contribution >= 0.6 is 22.9 Å². The van der Waals surface area contributed by atoms with E-state index in [0.29, 0.717) is 21.8 Å². The fraction of sp³-hybridized carbons (Fsp3) is 0.0714. The Morgan fingerprint density at radius 2 is 2.10 bits per heavy atom. The molecule has 0 amide bonds. The van der Waals surface area contributed by atoms with Gasteiger partial charge < -0.3 is 10.3 Å². The number of rotatable bonds is 2. The molecule has 0 atom stereocenters. The summed E-state index contributed by atoms with van der Waals surface area (Å²) in [7, 11) is 0. The molecule has 0 unspecified atom stereocenters. The Kier molecular flexibility index (Phi) is 3.23. The van der Waals surface area contributed by atoms with Crippen LogP contribution in [0.3, 0.4) is 0 Å².